The zero-order valence-electron chi connectivity index (χ0n) is 9.97. The summed E-state index contributed by atoms with van der Waals surface area (Å²) in [5.74, 6) is 0. The number of benzene rings is 2. The van der Waals surface area contributed by atoms with E-state index in [-0.39, 0.29) is 0 Å². The van der Waals surface area contributed by atoms with Crippen LogP contribution in [0.25, 0.3) is 11.1 Å². The first-order valence-electron chi connectivity index (χ1n) is 6.29. The maximum Gasteiger partial charge on any atom is 0.0239 e. The van der Waals surface area contributed by atoms with Crippen molar-refractivity contribution in [2.24, 2.45) is 0 Å². The van der Waals surface area contributed by atoms with Gasteiger partial charge < -0.3 is 0 Å². The van der Waals surface area contributed by atoms with E-state index in [0.29, 0.717) is 0 Å². The Hall–Kier alpha value is -1.60. The number of rotatable bonds is 3. The first-order chi connectivity index (χ1) is 8.43. The molecule has 1 saturated heterocycles. The molecule has 0 N–H and O–H groups in total. The molecule has 1 aliphatic rings. The summed E-state index contributed by atoms with van der Waals surface area (Å²) in [5, 5.41) is 0. The van der Waals surface area contributed by atoms with Gasteiger partial charge >= 0.3 is 0 Å². The molecule has 0 unspecified atom stereocenters. The van der Waals surface area contributed by atoms with Crippen LogP contribution in [0, 0.1) is 0 Å². The van der Waals surface area contributed by atoms with Gasteiger partial charge in [0.2, 0.25) is 0 Å². The van der Waals surface area contributed by atoms with E-state index in [4.69, 9.17) is 0 Å². The normalized spacial score (nSPS) is 15.5. The Morgan fingerprint density at radius 3 is 2.24 bits per heavy atom. The van der Waals surface area contributed by atoms with Crippen LogP contribution in [0.5, 0.6) is 0 Å². The van der Waals surface area contributed by atoms with Crippen LogP contribution in [0.3, 0.4) is 0 Å². The highest BCUT2D eigenvalue weighted by atomic mass is 15.2. The quantitative estimate of drug-likeness (QED) is 0.769. The fourth-order valence-electron chi connectivity index (χ4n) is 2.34. The van der Waals surface area contributed by atoms with E-state index in [0.717, 1.165) is 6.54 Å². The molecular formula is C16H17N. The predicted octanol–water partition coefficient (Wildman–Crippen LogP) is 3.56. The highest BCUT2D eigenvalue weighted by Gasteiger charge is 2.15. The fourth-order valence-corrected chi connectivity index (χ4v) is 2.34. The zero-order chi connectivity index (χ0) is 11.5. The van der Waals surface area contributed by atoms with Gasteiger partial charge in [-0.1, -0.05) is 54.6 Å². The molecule has 0 spiro atoms. The molecular weight excluding hydrogens is 206 g/mol. The Morgan fingerprint density at radius 2 is 1.53 bits per heavy atom. The molecule has 0 saturated carbocycles. The lowest BCUT2D eigenvalue weighted by molar-refractivity contribution is 0.173. The minimum absolute atomic E-state index is 1.09. The summed E-state index contributed by atoms with van der Waals surface area (Å²) < 4.78 is 0. The van der Waals surface area contributed by atoms with Gasteiger partial charge in [-0.3, -0.25) is 4.90 Å². The third-order valence-corrected chi connectivity index (χ3v) is 3.44. The number of hydrogen-bond acceptors (Lipinski definition) is 1. The van der Waals surface area contributed by atoms with Crippen molar-refractivity contribution >= 4 is 0 Å². The minimum atomic E-state index is 1.09. The highest BCUT2D eigenvalue weighted by Crippen LogP contribution is 2.25. The third kappa shape index (κ3) is 2.25. The van der Waals surface area contributed by atoms with Gasteiger partial charge in [-0.25, -0.2) is 0 Å². The molecule has 1 fully saturated rings. The molecule has 2 aromatic carbocycles. The van der Waals surface area contributed by atoms with Gasteiger partial charge in [0.05, 0.1) is 0 Å². The Labute approximate surface area is 103 Å². The third-order valence-electron chi connectivity index (χ3n) is 3.44. The molecule has 0 bridgehead atoms. The summed E-state index contributed by atoms with van der Waals surface area (Å²) in [4.78, 5) is 2.50. The molecule has 1 heteroatoms. The average Bonchev–Trinajstić information content (AvgIpc) is 2.35. The Kier molecular flexibility index (Phi) is 2.93. The van der Waals surface area contributed by atoms with Crippen LogP contribution >= 0.6 is 0 Å². The van der Waals surface area contributed by atoms with Crippen LogP contribution in [-0.2, 0) is 6.54 Å². The van der Waals surface area contributed by atoms with Crippen molar-refractivity contribution < 1.29 is 0 Å². The molecule has 0 amide bonds. The Morgan fingerprint density at radius 1 is 0.824 bits per heavy atom. The number of hydrogen-bond donors (Lipinski definition) is 0. The first kappa shape index (κ1) is 10.5. The van der Waals surface area contributed by atoms with Crippen LogP contribution in [-0.4, -0.2) is 18.0 Å². The van der Waals surface area contributed by atoms with E-state index in [1.165, 1.54) is 36.2 Å². The highest BCUT2D eigenvalue weighted by molar-refractivity contribution is 5.67. The van der Waals surface area contributed by atoms with E-state index in [1.807, 2.05) is 0 Å². The average molecular weight is 223 g/mol. The van der Waals surface area contributed by atoms with Crippen molar-refractivity contribution in [1.82, 2.24) is 4.90 Å². The lowest BCUT2D eigenvalue weighted by Gasteiger charge is -2.31. The maximum absolute atomic E-state index is 2.50. The van der Waals surface area contributed by atoms with Gasteiger partial charge in [-0.2, -0.15) is 0 Å². The molecule has 2 aromatic rings. The van der Waals surface area contributed by atoms with Crippen molar-refractivity contribution in [3.8, 4) is 11.1 Å². The smallest absolute Gasteiger partial charge is 0.0239 e. The summed E-state index contributed by atoms with van der Waals surface area (Å²) in [5.41, 5.74) is 4.14. The number of nitrogens with zero attached hydrogens (tertiary/aromatic N) is 1. The fraction of sp³-hybridized carbons (Fsp3) is 0.250. The van der Waals surface area contributed by atoms with Crippen molar-refractivity contribution in [3.05, 3.63) is 60.2 Å². The molecule has 86 valence electrons. The standard InChI is InChI=1S/C16H17N/c1-2-7-14(8-3-1)16-10-5-4-9-15(16)13-17-11-6-12-17/h1-5,7-10H,6,11-13H2. The molecule has 0 radical (unpaired) electrons. The molecule has 17 heavy (non-hydrogen) atoms. The molecule has 3 rings (SSSR count). The summed E-state index contributed by atoms with van der Waals surface area (Å²) in [6.07, 6.45) is 1.35. The van der Waals surface area contributed by atoms with E-state index in [9.17, 15) is 0 Å². The van der Waals surface area contributed by atoms with Crippen LogP contribution < -0.4 is 0 Å². The molecule has 0 atom stereocenters. The summed E-state index contributed by atoms with van der Waals surface area (Å²) in [6, 6.07) is 19.4. The van der Waals surface area contributed by atoms with Crippen LogP contribution in [0.15, 0.2) is 54.6 Å². The van der Waals surface area contributed by atoms with Gasteiger partial charge in [0.25, 0.3) is 0 Å². The SMILES string of the molecule is c1ccc(-c2ccccc2CN2CCC2)cc1. The summed E-state index contributed by atoms with van der Waals surface area (Å²) in [7, 11) is 0. The minimum Gasteiger partial charge on any atom is -0.299 e. The van der Waals surface area contributed by atoms with Crippen molar-refractivity contribution in [2.75, 3.05) is 13.1 Å². The Bertz CT molecular complexity index is 486. The van der Waals surface area contributed by atoms with Crippen LogP contribution in [0.2, 0.25) is 0 Å². The van der Waals surface area contributed by atoms with Gasteiger partial charge in [-0.05, 0) is 36.2 Å². The monoisotopic (exact) mass is 223 g/mol. The molecule has 0 aliphatic carbocycles. The van der Waals surface area contributed by atoms with Gasteiger partial charge in [-0.15, -0.1) is 0 Å². The van der Waals surface area contributed by atoms with E-state index in [1.54, 1.807) is 0 Å². The van der Waals surface area contributed by atoms with Gasteiger partial charge in [0.15, 0.2) is 0 Å². The van der Waals surface area contributed by atoms with Gasteiger partial charge in [0, 0.05) is 6.54 Å². The van der Waals surface area contributed by atoms with E-state index < -0.39 is 0 Å². The van der Waals surface area contributed by atoms with Crippen LogP contribution in [0.4, 0.5) is 0 Å². The molecule has 1 aliphatic heterocycles. The molecule has 0 aromatic heterocycles. The largest absolute Gasteiger partial charge is 0.299 e. The van der Waals surface area contributed by atoms with Crippen LogP contribution in [0.1, 0.15) is 12.0 Å². The lowest BCUT2D eigenvalue weighted by Crippen LogP contribution is -2.36. The van der Waals surface area contributed by atoms with Gasteiger partial charge in [0.1, 0.15) is 0 Å². The topological polar surface area (TPSA) is 3.24 Å². The zero-order valence-corrected chi connectivity index (χ0v) is 9.97. The summed E-state index contributed by atoms with van der Waals surface area (Å²) >= 11 is 0. The summed E-state index contributed by atoms with van der Waals surface area (Å²) in [6.45, 7) is 3.59. The number of likely N-dealkylation sites (tertiary alicyclic amines) is 1. The maximum atomic E-state index is 2.50. The van der Waals surface area contributed by atoms with Crippen molar-refractivity contribution in [3.63, 3.8) is 0 Å². The molecule has 1 nitrogen and oxygen atoms in total. The Balaban J connectivity index is 1.92. The van der Waals surface area contributed by atoms with E-state index in [2.05, 4.69) is 59.5 Å². The van der Waals surface area contributed by atoms with Crippen molar-refractivity contribution in [2.45, 2.75) is 13.0 Å². The second-order valence-corrected chi connectivity index (χ2v) is 4.65. The first-order valence-corrected chi connectivity index (χ1v) is 6.29. The second-order valence-electron chi connectivity index (χ2n) is 4.65. The molecule has 1 heterocycles. The van der Waals surface area contributed by atoms with Crippen molar-refractivity contribution in [1.29, 1.82) is 0 Å². The predicted molar refractivity (Wildman–Crippen MR) is 71.8 cm³/mol. The lowest BCUT2D eigenvalue weighted by atomic mass is 9.99. The second kappa shape index (κ2) is 4.72. The van der Waals surface area contributed by atoms with E-state index >= 15 is 0 Å².